The fraction of sp³-hybridized carbons (Fsp3) is 0.333. The SMILES string of the molecule is CCC(C)(C(=O)O)n1nnnc1-c1cccc(I)c1. The highest BCUT2D eigenvalue weighted by atomic mass is 127. The molecule has 0 aliphatic rings. The van der Waals surface area contributed by atoms with Crippen LogP contribution < -0.4 is 0 Å². The molecule has 0 fully saturated rings. The molecule has 100 valence electrons. The average molecular weight is 372 g/mol. The number of aliphatic carboxylic acids is 1. The minimum Gasteiger partial charge on any atom is -0.479 e. The highest BCUT2D eigenvalue weighted by molar-refractivity contribution is 14.1. The molecule has 1 N–H and O–H groups in total. The second-order valence-corrected chi connectivity index (χ2v) is 5.60. The first-order chi connectivity index (χ1) is 8.99. The maximum atomic E-state index is 11.5. The van der Waals surface area contributed by atoms with E-state index in [1.54, 1.807) is 13.8 Å². The molecular formula is C12H13IN4O2. The predicted octanol–water partition coefficient (Wildman–Crippen LogP) is 2.15. The minimum atomic E-state index is -1.15. The first-order valence-corrected chi connectivity index (χ1v) is 6.85. The van der Waals surface area contributed by atoms with E-state index in [1.165, 1.54) is 4.68 Å². The summed E-state index contributed by atoms with van der Waals surface area (Å²) in [6.07, 6.45) is 0.393. The molecule has 1 aromatic carbocycles. The van der Waals surface area contributed by atoms with E-state index < -0.39 is 11.5 Å². The van der Waals surface area contributed by atoms with Crippen LogP contribution in [-0.4, -0.2) is 31.3 Å². The number of hydrogen-bond acceptors (Lipinski definition) is 4. The molecular weight excluding hydrogens is 359 g/mol. The van der Waals surface area contributed by atoms with Crippen LogP contribution in [0.25, 0.3) is 11.4 Å². The third-order valence-corrected chi connectivity index (χ3v) is 3.84. The Morgan fingerprint density at radius 3 is 2.84 bits per heavy atom. The lowest BCUT2D eigenvalue weighted by atomic mass is 9.99. The summed E-state index contributed by atoms with van der Waals surface area (Å²) in [5.41, 5.74) is -0.349. The highest BCUT2D eigenvalue weighted by Gasteiger charge is 2.37. The Bertz CT molecular complexity index is 613. The lowest BCUT2D eigenvalue weighted by Crippen LogP contribution is -2.39. The Labute approximate surface area is 124 Å². The molecule has 7 heteroatoms. The molecule has 2 rings (SSSR count). The van der Waals surface area contributed by atoms with Gasteiger partial charge >= 0.3 is 5.97 Å². The second kappa shape index (κ2) is 5.24. The van der Waals surface area contributed by atoms with Crippen molar-refractivity contribution in [1.29, 1.82) is 0 Å². The number of carbonyl (C=O) groups is 1. The Hall–Kier alpha value is -1.51. The van der Waals surface area contributed by atoms with E-state index in [-0.39, 0.29) is 0 Å². The van der Waals surface area contributed by atoms with Gasteiger partial charge in [0.15, 0.2) is 11.4 Å². The summed E-state index contributed by atoms with van der Waals surface area (Å²) in [6.45, 7) is 3.41. The number of hydrogen-bond donors (Lipinski definition) is 1. The highest BCUT2D eigenvalue weighted by Crippen LogP contribution is 2.26. The molecule has 0 aliphatic heterocycles. The van der Waals surface area contributed by atoms with Crippen molar-refractivity contribution in [3.8, 4) is 11.4 Å². The number of rotatable bonds is 4. The molecule has 1 unspecified atom stereocenters. The Morgan fingerprint density at radius 2 is 2.26 bits per heavy atom. The summed E-state index contributed by atoms with van der Waals surface area (Å²) < 4.78 is 2.42. The molecule has 0 saturated heterocycles. The molecule has 1 atom stereocenters. The fourth-order valence-corrected chi connectivity index (χ4v) is 2.26. The summed E-state index contributed by atoms with van der Waals surface area (Å²) in [5.74, 6) is -0.487. The van der Waals surface area contributed by atoms with Gasteiger partial charge in [0.25, 0.3) is 0 Å². The number of carboxylic acid groups (broad SMARTS) is 1. The largest absolute Gasteiger partial charge is 0.479 e. The van der Waals surface area contributed by atoms with Crippen molar-refractivity contribution >= 4 is 28.6 Å². The molecule has 6 nitrogen and oxygen atoms in total. The van der Waals surface area contributed by atoms with E-state index in [1.807, 2.05) is 24.3 Å². The molecule has 19 heavy (non-hydrogen) atoms. The Balaban J connectivity index is 2.57. The molecule has 0 radical (unpaired) electrons. The van der Waals surface area contributed by atoms with Crippen LogP contribution >= 0.6 is 22.6 Å². The molecule has 0 aliphatic carbocycles. The second-order valence-electron chi connectivity index (χ2n) is 4.36. The van der Waals surface area contributed by atoms with E-state index in [9.17, 15) is 9.90 Å². The van der Waals surface area contributed by atoms with Gasteiger partial charge in [0, 0.05) is 9.13 Å². The lowest BCUT2D eigenvalue weighted by Gasteiger charge is -2.23. The third kappa shape index (κ3) is 2.46. The summed E-state index contributed by atoms with van der Waals surface area (Å²) in [4.78, 5) is 11.5. The van der Waals surface area contributed by atoms with E-state index in [0.29, 0.717) is 12.2 Å². The summed E-state index contributed by atoms with van der Waals surface area (Å²) in [5, 5.41) is 20.9. The van der Waals surface area contributed by atoms with Gasteiger partial charge in [-0.05, 0) is 58.5 Å². The number of nitrogens with zero attached hydrogens (tertiary/aromatic N) is 4. The maximum absolute atomic E-state index is 11.5. The number of aromatic nitrogens is 4. The van der Waals surface area contributed by atoms with Crippen LogP contribution in [0.5, 0.6) is 0 Å². The molecule has 0 saturated carbocycles. The van der Waals surface area contributed by atoms with Crippen molar-refractivity contribution in [3.63, 3.8) is 0 Å². The van der Waals surface area contributed by atoms with Crippen LogP contribution in [0, 0.1) is 3.57 Å². The van der Waals surface area contributed by atoms with E-state index >= 15 is 0 Å². The molecule has 0 bridgehead atoms. The minimum absolute atomic E-state index is 0.393. The zero-order valence-electron chi connectivity index (χ0n) is 10.5. The van der Waals surface area contributed by atoms with Crippen LogP contribution in [0.4, 0.5) is 0 Å². The Morgan fingerprint density at radius 1 is 1.53 bits per heavy atom. The van der Waals surface area contributed by atoms with Gasteiger partial charge in [-0.25, -0.2) is 9.48 Å². The molecule has 0 amide bonds. The first-order valence-electron chi connectivity index (χ1n) is 5.77. The van der Waals surface area contributed by atoms with E-state index in [4.69, 9.17) is 0 Å². The fourth-order valence-electron chi connectivity index (χ4n) is 1.72. The van der Waals surface area contributed by atoms with Gasteiger partial charge in [-0.3, -0.25) is 0 Å². The summed E-state index contributed by atoms with van der Waals surface area (Å²) >= 11 is 2.19. The van der Waals surface area contributed by atoms with E-state index in [2.05, 4.69) is 38.1 Å². The van der Waals surface area contributed by atoms with Crippen LogP contribution in [0.2, 0.25) is 0 Å². The van der Waals surface area contributed by atoms with Gasteiger partial charge in [0.2, 0.25) is 0 Å². The number of carboxylic acids is 1. The molecule has 1 aromatic heterocycles. The average Bonchev–Trinajstić information content (AvgIpc) is 2.87. The number of halogens is 1. The van der Waals surface area contributed by atoms with Crippen LogP contribution in [0.15, 0.2) is 24.3 Å². The van der Waals surface area contributed by atoms with Crippen molar-refractivity contribution in [3.05, 3.63) is 27.8 Å². The standard InChI is InChI=1S/C12H13IN4O2/c1-3-12(2,11(18)19)17-10(14-15-16-17)8-5-4-6-9(13)7-8/h4-7H,3H2,1-2H3,(H,18,19). The van der Waals surface area contributed by atoms with Crippen molar-refractivity contribution in [2.75, 3.05) is 0 Å². The van der Waals surface area contributed by atoms with Crippen molar-refractivity contribution in [2.24, 2.45) is 0 Å². The molecule has 0 spiro atoms. The van der Waals surface area contributed by atoms with Gasteiger partial charge in [0.05, 0.1) is 0 Å². The zero-order valence-corrected chi connectivity index (χ0v) is 12.7. The third-order valence-electron chi connectivity index (χ3n) is 3.17. The Kier molecular flexibility index (Phi) is 3.83. The predicted molar refractivity (Wildman–Crippen MR) is 77.5 cm³/mol. The van der Waals surface area contributed by atoms with Crippen LogP contribution in [0.3, 0.4) is 0 Å². The topological polar surface area (TPSA) is 80.9 Å². The van der Waals surface area contributed by atoms with Gasteiger partial charge < -0.3 is 5.11 Å². The normalized spacial score (nSPS) is 14.1. The summed E-state index contributed by atoms with van der Waals surface area (Å²) in [6, 6.07) is 7.62. The maximum Gasteiger partial charge on any atom is 0.331 e. The van der Waals surface area contributed by atoms with Crippen LogP contribution in [-0.2, 0) is 10.3 Å². The molecule has 2 aromatic rings. The molecule has 1 heterocycles. The van der Waals surface area contributed by atoms with Crippen molar-refractivity contribution < 1.29 is 9.90 Å². The van der Waals surface area contributed by atoms with Gasteiger partial charge in [-0.1, -0.05) is 19.1 Å². The van der Waals surface area contributed by atoms with Crippen molar-refractivity contribution in [2.45, 2.75) is 25.8 Å². The lowest BCUT2D eigenvalue weighted by molar-refractivity contribution is -0.147. The quantitative estimate of drug-likeness (QED) is 0.832. The van der Waals surface area contributed by atoms with Gasteiger partial charge in [-0.15, -0.1) is 5.10 Å². The first kappa shape index (κ1) is 13.9. The van der Waals surface area contributed by atoms with Gasteiger partial charge in [0.1, 0.15) is 0 Å². The van der Waals surface area contributed by atoms with Gasteiger partial charge in [-0.2, -0.15) is 0 Å². The van der Waals surface area contributed by atoms with Crippen molar-refractivity contribution in [1.82, 2.24) is 20.2 Å². The number of tetrazole rings is 1. The zero-order chi connectivity index (χ0) is 14.0. The number of benzene rings is 1. The smallest absolute Gasteiger partial charge is 0.331 e. The van der Waals surface area contributed by atoms with E-state index in [0.717, 1.165) is 9.13 Å². The summed E-state index contributed by atoms with van der Waals surface area (Å²) in [7, 11) is 0. The van der Waals surface area contributed by atoms with Crippen LogP contribution in [0.1, 0.15) is 20.3 Å². The monoisotopic (exact) mass is 372 g/mol.